The van der Waals surface area contributed by atoms with Crippen molar-refractivity contribution in [1.82, 2.24) is 15.5 Å². The third kappa shape index (κ3) is 3.09. The number of amides is 2. The van der Waals surface area contributed by atoms with E-state index in [-0.39, 0.29) is 37.7 Å². The Balaban J connectivity index is 1.88. The first-order chi connectivity index (χ1) is 9.08. The quantitative estimate of drug-likeness (QED) is 0.655. The molecule has 0 radical (unpaired) electrons. The molecular weight excluding hydrogens is 252 g/mol. The van der Waals surface area contributed by atoms with Crippen LogP contribution >= 0.6 is 0 Å². The van der Waals surface area contributed by atoms with Crippen LogP contribution in [0.15, 0.2) is 12.4 Å². The van der Waals surface area contributed by atoms with Crippen LogP contribution in [0.25, 0.3) is 0 Å². The molecule has 1 atom stereocenters. The summed E-state index contributed by atoms with van der Waals surface area (Å²) in [6.45, 7) is 0.363. The molecule has 1 unspecified atom stereocenters. The Labute approximate surface area is 108 Å². The number of aromatic nitrogens is 2. The van der Waals surface area contributed by atoms with Gasteiger partial charge in [0.05, 0.1) is 24.2 Å². The summed E-state index contributed by atoms with van der Waals surface area (Å²) in [5, 5.41) is 17.4. The third-order valence-corrected chi connectivity index (χ3v) is 2.93. The lowest BCUT2D eigenvalue weighted by atomic mass is 10.1. The number of aromatic amines is 1. The lowest BCUT2D eigenvalue weighted by Gasteiger charge is -2.13. The maximum absolute atomic E-state index is 11.8. The molecule has 0 aromatic carbocycles. The number of carbonyl (C=O) groups is 3. The second-order valence-electron chi connectivity index (χ2n) is 4.30. The van der Waals surface area contributed by atoms with E-state index in [9.17, 15) is 14.4 Å². The second-order valence-corrected chi connectivity index (χ2v) is 4.30. The Kier molecular flexibility index (Phi) is 3.79. The van der Waals surface area contributed by atoms with E-state index >= 15 is 0 Å². The van der Waals surface area contributed by atoms with Crippen molar-refractivity contribution in [2.24, 2.45) is 5.92 Å². The molecule has 0 bridgehead atoms. The molecule has 2 heterocycles. The number of aliphatic carboxylic acids is 1. The lowest BCUT2D eigenvalue weighted by Crippen LogP contribution is -2.34. The van der Waals surface area contributed by atoms with Crippen LogP contribution in [0.5, 0.6) is 0 Å². The van der Waals surface area contributed by atoms with Gasteiger partial charge in [0.25, 0.3) is 0 Å². The van der Waals surface area contributed by atoms with Crippen molar-refractivity contribution >= 4 is 23.5 Å². The van der Waals surface area contributed by atoms with Crippen molar-refractivity contribution < 1.29 is 19.5 Å². The number of carboxylic acid groups (broad SMARTS) is 1. The highest BCUT2D eigenvalue weighted by atomic mass is 16.4. The van der Waals surface area contributed by atoms with Crippen LogP contribution in [0, 0.1) is 5.92 Å². The molecule has 2 rings (SSSR count). The van der Waals surface area contributed by atoms with Gasteiger partial charge in [-0.2, -0.15) is 5.10 Å². The minimum absolute atomic E-state index is 0.0740. The van der Waals surface area contributed by atoms with E-state index in [4.69, 9.17) is 5.11 Å². The molecular formula is C11H14N4O4. The number of hydrogen-bond acceptors (Lipinski definition) is 4. The van der Waals surface area contributed by atoms with E-state index in [1.807, 2.05) is 0 Å². The molecule has 1 aliphatic heterocycles. The highest BCUT2D eigenvalue weighted by Gasteiger charge is 2.35. The van der Waals surface area contributed by atoms with Gasteiger partial charge in [-0.25, -0.2) is 0 Å². The Morgan fingerprint density at radius 3 is 3.00 bits per heavy atom. The maximum Gasteiger partial charge on any atom is 0.305 e. The summed E-state index contributed by atoms with van der Waals surface area (Å²) < 4.78 is 0. The molecule has 3 N–H and O–H groups in total. The first-order valence-corrected chi connectivity index (χ1v) is 5.86. The molecule has 0 spiro atoms. The predicted octanol–water partition coefficient (Wildman–Crippen LogP) is -0.646. The normalized spacial score (nSPS) is 18.6. The number of anilines is 1. The van der Waals surface area contributed by atoms with Crippen molar-refractivity contribution in [2.45, 2.75) is 12.8 Å². The topological polar surface area (TPSA) is 115 Å². The van der Waals surface area contributed by atoms with Gasteiger partial charge in [0.15, 0.2) is 0 Å². The molecule has 102 valence electrons. The zero-order chi connectivity index (χ0) is 13.8. The van der Waals surface area contributed by atoms with E-state index in [0.29, 0.717) is 5.69 Å². The number of nitrogens with zero attached hydrogens (tertiary/aromatic N) is 2. The van der Waals surface area contributed by atoms with Crippen molar-refractivity contribution in [2.75, 3.05) is 18.0 Å². The van der Waals surface area contributed by atoms with Crippen molar-refractivity contribution in [3.8, 4) is 0 Å². The number of rotatable bonds is 5. The van der Waals surface area contributed by atoms with Crippen LogP contribution in [0.3, 0.4) is 0 Å². The molecule has 1 aromatic heterocycles. The minimum Gasteiger partial charge on any atom is -0.481 e. The van der Waals surface area contributed by atoms with Crippen LogP contribution < -0.4 is 10.2 Å². The lowest BCUT2D eigenvalue weighted by molar-refractivity contribution is -0.137. The van der Waals surface area contributed by atoms with Gasteiger partial charge in [-0.3, -0.25) is 19.5 Å². The van der Waals surface area contributed by atoms with Gasteiger partial charge in [-0.05, 0) is 0 Å². The summed E-state index contributed by atoms with van der Waals surface area (Å²) >= 11 is 0. The van der Waals surface area contributed by atoms with Gasteiger partial charge in [-0.1, -0.05) is 0 Å². The summed E-state index contributed by atoms with van der Waals surface area (Å²) in [5.41, 5.74) is 0.630. The summed E-state index contributed by atoms with van der Waals surface area (Å²) in [6, 6.07) is 0. The zero-order valence-electron chi connectivity index (χ0n) is 10.1. The zero-order valence-corrected chi connectivity index (χ0v) is 10.1. The number of carboxylic acids is 1. The van der Waals surface area contributed by atoms with Gasteiger partial charge in [0.2, 0.25) is 11.8 Å². The minimum atomic E-state index is -0.970. The summed E-state index contributed by atoms with van der Waals surface area (Å²) in [4.78, 5) is 35.4. The number of hydrogen-bond donors (Lipinski definition) is 3. The monoisotopic (exact) mass is 266 g/mol. The molecule has 2 amide bonds. The van der Waals surface area contributed by atoms with E-state index in [2.05, 4.69) is 15.5 Å². The molecule has 0 saturated carbocycles. The summed E-state index contributed by atoms with van der Waals surface area (Å²) in [7, 11) is 0. The fourth-order valence-corrected chi connectivity index (χ4v) is 1.96. The highest BCUT2D eigenvalue weighted by Crippen LogP contribution is 2.23. The van der Waals surface area contributed by atoms with Gasteiger partial charge in [0, 0.05) is 25.7 Å². The fraction of sp³-hybridized carbons (Fsp3) is 0.455. The Bertz CT molecular complexity index is 485. The average Bonchev–Trinajstić information content (AvgIpc) is 2.96. The predicted molar refractivity (Wildman–Crippen MR) is 64.3 cm³/mol. The average molecular weight is 266 g/mol. The van der Waals surface area contributed by atoms with Crippen LogP contribution in [0.1, 0.15) is 12.8 Å². The van der Waals surface area contributed by atoms with E-state index in [1.54, 1.807) is 6.20 Å². The Morgan fingerprint density at radius 1 is 1.58 bits per heavy atom. The van der Waals surface area contributed by atoms with E-state index in [0.717, 1.165) is 0 Å². The Morgan fingerprint density at radius 2 is 2.37 bits per heavy atom. The number of nitrogens with one attached hydrogen (secondary N) is 2. The van der Waals surface area contributed by atoms with Crippen LogP contribution in [-0.2, 0) is 14.4 Å². The maximum atomic E-state index is 11.8. The van der Waals surface area contributed by atoms with Crippen LogP contribution in [0.4, 0.5) is 5.69 Å². The second kappa shape index (κ2) is 5.51. The standard InChI is InChI=1S/C11H14N4O4/c16-9-3-7(11(19)12-2-1-10(17)18)6-15(9)8-4-13-14-5-8/h4-5,7H,1-3,6H2,(H,12,19)(H,13,14)(H,17,18). The van der Waals surface area contributed by atoms with Crippen molar-refractivity contribution in [3.63, 3.8) is 0 Å². The molecule has 8 heteroatoms. The number of H-pyrrole nitrogens is 1. The van der Waals surface area contributed by atoms with Crippen LogP contribution in [-0.4, -0.2) is 46.2 Å². The first-order valence-electron chi connectivity index (χ1n) is 5.86. The molecule has 1 fully saturated rings. The van der Waals surface area contributed by atoms with Gasteiger partial charge in [0.1, 0.15) is 0 Å². The summed E-state index contributed by atoms with van der Waals surface area (Å²) in [6.07, 6.45) is 3.10. The van der Waals surface area contributed by atoms with E-state index in [1.165, 1.54) is 11.1 Å². The van der Waals surface area contributed by atoms with Crippen LogP contribution in [0.2, 0.25) is 0 Å². The van der Waals surface area contributed by atoms with Gasteiger partial charge >= 0.3 is 5.97 Å². The smallest absolute Gasteiger partial charge is 0.305 e. The fourth-order valence-electron chi connectivity index (χ4n) is 1.96. The van der Waals surface area contributed by atoms with Crippen molar-refractivity contribution in [1.29, 1.82) is 0 Å². The molecule has 19 heavy (non-hydrogen) atoms. The van der Waals surface area contributed by atoms with Gasteiger partial charge < -0.3 is 15.3 Å². The SMILES string of the molecule is O=C(O)CCNC(=O)C1CC(=O)N(c2cn[nH]c2)C1. The van der Waals surface area contributed by atoms with E-state index < -0.39 is 11.9 Å². The third-order valence-electron chi connectivity index (χ3n) is 2.93. The largest absolute Gasteiger partial charge is 0.481 e. The van der Waals surface area contributed by atoms with Gasteiger partial charge in [-0.15, -0.1) is 0 Å². The Hall–Kier alpha value is -2.38. The van der Waals surface area contributed by atoms with Crippen molar-refractivity contribution in [3.05, 3.63) is 12.4 Å². The first kappa shape index (κ1) is 13.1. The molecule has 1 aromatic rings. The molecule has 1 aliphatic rings. The number of carbonyl (C=O) groups excluding carboxylic acids is 2. The molecule has 1 saturated heterocycles. The molecule has 8 nitrogen and oxygen atoms in total. The summed E-state index contributed by atoms with van der Waals surface area (Å²) in [5.74, 6) is -1.85. The highest BCUT2D eigenvalue weighted by molar-refractivity contribution is 6.00. The molecule has 0 aliphatic carbocycles.